The van der Waals surface area contributed by atoms with Crippen LogP contribution in [0.1, 0.15) is 233 Å². The van der Waals surface area contributed by atoms with E-state index in [1.54, 1.807) is 0 Å². The Kier molecular flexibility index (Phi) is 42.2. The molecule has 3 unspecified atom stereocenters. The van der Waals surface area contributed by atoms with Crippen LogP contribution in [-0.2, 0) is 14.3 Å². The average molecular weight is 786 g/mol. The largest absolute Gasteiger partial charge is 0.462 e. The van der Waals surface area contributed by atoms with Crippen LogP contribution in [0, 0.1) is 0 Å². The van der Waals surface area contributed by atoms with Crippen molar-refractivity contribution in [2.75, 3.05) is 6.61 Å². The van der Waals surface area contributed by atoms with Crippen LogP contribution in [0.4, 0.5) is 0 Å². The molecule has 0 heterocycles. The Labute approximate surface area is 346 Å². The summed E-state index contributed by atoms with van der Waals surface area (Å²) in [5, 5.41) is 23.6. The first-order valence-electron chi connectivity index (χ1n) is 23.9. The van der Waals surface area contributed by atoms with Crippen molar-refractivity contribution in [2.45, 2.75) is 251 Å². The Morgan fingerprint density at radius 3 is 1.59 bits per heavy atom. The van der Waals surface area contributed by atoms with E-state index in [4.69, 9.17) is 4.74 Å². The van der Waals surface area contributed by atoms with Gasteiger partial charge in [-0.1, -0.05) is 191 Å². The molecule has 0 aromatic heterocycles. The number of nitrogens with one attached hydrogen (secondary N) is 1. The zero-order chi connectivity index (χ0) is 41.0. The lowest BCUT2D eigenvalue weighted by molar-refractivity contribution is -0.151. The second-order valence-corrected chi connectivity index (χ2v) is 16.2. The van der Waals surface area contributed by atoms with E-state index in [0.29, 0.717) is 19.3 Å². The topological polar surface area (TPSA) is 95.9 Å². The van der Waals surface area contributed by atoms with E-state index in [1.165, 1.54) is 89.9 Å². The predicted molar refractivity (Wildman–Crippen MR) is 241 cm³/mol. The number of carbonyl (C=O) groups excluding carboxylic acids is 2. The van der Waals surface area contributed by atoms with Crippen LogP contribution in [-0.4, -0.2) is 46.9 Å². The standard InChI is InChI=1S/C50H91NO5/c1-4-7-10-13-16-19-22-24-26-28-31-34-37-40-43-50(55)56-46(41-38-35-32-29-27-25-23-20-17-14-11-8-5-2)44-49(54)51-47(45-52)48(53)42-39-36-33-30-21-18-15-12-9-6-3/h7,10,16-17,19-20,23,25,46-48,52-53H,4-6,8-9,11-15,18,21-22,24,26-45H2,1-3H3,(H,51,54)/b10-7+,19-16+,20-17+,25-23+. The molecular formula is C50H91NO5. The van der Waals surface area contributed by atoms with Gasteiger partial charge in [0.1, 0.15) is 6.10 Å². The van der Waals surface area contributed by atoms with Gasteiger partial charge in [0.2, 0.25) is 5.91 Å². The highest BCUT2D eigenvalue weighted by Crippen LogP contribution is 2.17. The summed E-state index contributed by atoms with van der Waals surface area (Å²) in [5.74, 6) is -0.503. The number of allylic oxidation sites excluding steroid dienone is 8. The minimum atomic E-state index is -0.792. The molecule has 0 aliphatic carbocycles. The van der Waals surface area contributed by atoms with Gasteiger partial charge in [-0.05, 0) is 77.0 Å². The molecule has 0 spiro atoms. The van der Waals surface area contributed by atoms with Crippen LogP contribution >= 0.6 is 0 Å². The van der Waals surface area contributed by atoms with E-state index >= 15 is 0 Å². The van der Waals surface area contributed by atoms with Crippen LogP contribution in [0.25, 0.3) is 0 Å². The van der Waals surface area contributed by atoms with Gasteiger partial charge < -0.3 is 20.3 Å². The van der Waals surface area contributed by atoms with Crippen LogP contribution < -0.4 is 5.32 Å². The lowest BCUT2D eigenvalue weighted by Gasteiger charge is -2.24. The normalized spacial score (nSPS) is 13.7. The Morgan fingerprint density at radius 2 is 1.02 bits per heavy atom. The first kappa shape index (κ1) is 53.8. The Bertz CT molecular complexity index is 972. The molecule has 0 radical (unpaired) electrons. The minimum absolute atomic E-state index is 0.0607. The maximum Gasteiger partial charge on any atom is 0.306 e. The van der Waals surface area contributed by atoms with Gasteiger partial charge >= 0.3 is 5.97 Å². The fourth-order valence-corrected chi connectivity index (χ4v) is 7.05. The van der Waals surface area contributed by atoms with Crippen molar-refractivity contribution in [3.8, 4) is 0 Å². The zero-order valence-corrected chi connectivity index (χ0v) is 37.0. The molecule has 0 aliphatic heterocycles. The molecule has 6 heteroatoms. The first-order valence-corrected chi connectivity index (χ1v) is 23.9. The second kappa shape index (κ2) is 43.9. The van der Waals surface area contributed by atoms with Crippen molar-refractivity contribution < 1.29 is 24.5 Å². The predicted octanol–water partition coefficient (Wildman–Crippen LogP) is 13.9. The lowest BCUT2D eigenvalue weighted by Crippen LogP contribution is -2.46. The number of unbranched alkanes of at least 4 members (excludes halogenated alkanes) is 23. The lowest BCUT2D eigenvalue weighted by atomic mass is 10.0. The van der Waals surface area contributed by atoms with Crippen molar-refractivity contribution in [1.29, 1.82) is 0 Å². The third-order valence-corrected chi connectivity index (χ3v) is 10.7. The van der Waals surface area contributed by atoms with Crippen molar-refractivity contribution >= 4 is 11.9 Å². The monoisotopic (exact) mass is 786 g/mol. The van der Waals surface area contributed by atoms with Crippen LogP contribution in [0.2, 0.25) is 0 Å². The van der Waals surface area contributed by atoms with Crippen LogP contribution in [0.5, 0.6) is 0 Å². The summed E-state index contributed by atoms with van der Waals surface area (Å²) in [5.41, 5.74) is 0. The summed E-state index contributed by atoms with van der Waals surface area (Å²) in [6, 6.07) is -0.707. The Hall–Kier alpha value is -2.18. The minimum Gasteiger partial charge on any atom is -0.462 e. The summed E-state index contributed by atoms with van der Waals surface area (Å²) >= 11 is 0. The number of aliphatic hydroxyl groups excluding tert-OH is 2. The van der Waals surface area contributed by atoms with Gasteiger partial charge in [0.15, 0.2) is 0 Å². The summed E-state index contributed by atoms with van der Waals surface area (Å²) in [7, 11) is 0. The van der Waals surface area contributed by atoms with E-state index in [1.807, 2.05) is 0 Å². The molecule has 3 N–H and O–H groups in total. The van der Waals surface area contributed by atoms with Gasteiger partial charge in [0, 0.05) is 6.42 Å². The maximum atomic E-state index is 13.1. The molecule has 0 saturated carbocycles. The van der Waals surface area contributed by atoms with Gasteiger partial charge in [-0.3, -0.25) is 9.59 Å². The van der Waals surface area contributed by atoms with Crippen molar-refractivity contribution in [2.24, 2.45) is 0 Å². The van der Waals surface area contributed by atoms with E-state index in [9.17, 15) is 19.8 Å². The molecule has 0 bridgehead atoms. The maximum absolute atomic E-state index is 13.1. The number of hydrogen-bond donors (Lipinski definition) is 3. The first-order chi connectivity index (χ1) is 27.5. The molecule has 56 heavy (non-hydrogen) atoms. The molecule has 3 atom stereocenters. The Morgan fingerprint density at radius 1 is 0.554 bits per heavy atom. The summed E-state index contributed by atoms with van der Waals surface area (Å²) in [6.07, 6.45) is 51.7. The highest BCUT2D eigenvalue weighted by Gasteiger charge is 2.24. The quantitative estimate of drug-likeness (QED) is 0.0248. The Balaban J connectivity index is 4.63. The van der Waals surface area contributed by atoms with E-state index in [2.05, 4.69) is 74.7 Å². The van der Waals surface area contributed by atoms with E-state index in [0.717, 1.165) is 96.3 Å². The van der Waals surface area contributed by atoms with E-state index in [-0.39, 0.29) is 24.9 Å². The third kappa shape index (κ3) is 38.7. The second-order valence-electron chi connectivity index (χ2n) is 16.2. The molecule has 0 aromatic carbocycles. The molecule has 0 aromatic rings. The number of amides is 1. The van der Waals surface area contributed by atoms with Gasteiger partial charge in [0.25, 0.3) is 0 Å². The molecule has 0 fully saturated rings. The van der Waals surface area contributed by atoms with Crippen molar-refractivity contribution in [3.05, 3.63) is 48.6 Å². The number of carbonyl (C=O) groups is 2. The van der Waals surface area contributed by atoms with Gasteiger partial charge in [-0.15, -0.1) is 0 Å². The third-order valence-electron chi connectivity index (χ3n) is 10.7. The number of hydrogen-bond acceptors (Lipinski definition) is 5. The molecule has 1 amide bonds. The van der Waals surface area contributed by atoms with Crippen molar-refractivity contribution in [1.82, 2.24) is 5.32 Å². The molecule has 0 rings (SSSR count). The van der Waals surface area contributed by atoms with Gasteiger partial charge in [-0.25, -0.2) is 0 Å². The average Bonchev–Trinajstić information content (AvgIpc) is 3.19. The number of aliphatic hydroxyl groups is 2. The molecular weight excluding hydrogens is 695 g/mol. The molecule has 326 valence electrons. The summed E-state index contributed by atoms with van der Waals surface area (Å²) in [4.78, 5) is 26.0. The molecule has 0 saturated heterocycles. The van der Waals surface area contributed by atoms with Gasteiger partial charge in [0.05, 0.1) is 25.2 Å². The molecule has 6 nitrogen and oxygen atoms in total. The van der Waals surface area contributed by atoms with Gasteiger partial charge in [-0.2, -0.15) is 0 Å². The highest BCUT2D eigenvalue weighted by molar-refractivity contribution is 5.77. The summed E-state index contributed by atoms with van der Waals surface area (Å²) < 4.78 is 5.90. The van der Waals surface area contributed by atoms with Crippen LogP contribution in [0.15, 0.2) is 48.6 Å². The fourth-order valence-electron chi connectivity index (χ4n) is 7.05. The summed E-state index contributed by atoms with van der Waals surface area (Å²) in [6.45, 7) is 6.32. The smallest absolute Gasteiger partial charge is 0.306 e. The van der Waals surface area contributed by atoms with E-state index < -0.39 is 18.2 Å². The molecule has 0 aliphatic rings. The number of esters is 1. The van der Waals surface area contributed by atoms with Crippen molar-refractivity contribution in [3.63, 3.8) is 0 Å². The van der Waals surface area contributed by atoms with Crippen LogP contribution in [0.3, 0.4) is 0 Å². The number of rotatable bonds is 42. The SMILES string of the molecule is CC/C=C/C/C=C/CCCCCCCCCC(=O)OC(CCCCCC/C=C/C=C/CCCCC)CC(=O)NC(CO)C(O)CCCCCCCCCCCC. The zero-order valence-electron chi connectivity index (χ0n) is 37.0. The highest BCUT2D eigenvalue weighted by atomic mass is 16.5. The number of ether oxygens (including phenoxy) is 1. The fraction of sp³-hybridized carbons (Fsp3) is 0.800.